The van der Waals surface area contributed by atoms with Crippen LogP contribution in [0, 0.1) is 0 Å². The lowest BCUT2D eigenvalue weighted by molar-refractivity contribution is 0.112. The molecule has 20 heavy (non-hydrogen) atoms. The minimum atomic E-state index is -0.329. The highest BCUT2D eigenvalue weighted by Gasteiger charge is 2.15. The molecule has 0 unspecified atom stereocenters. The lowest BCUT2D eigenvalue weighted by atomic mass is 9.98. The normalized spacial score (nSPS) is 11.6. The molecule has 0 fully saturated rings. The first-order chi connectivity index (χ1) is 9.47. The number of rotatable bonds is 3. The Morgan fingerprint density at radius 1 is 1.25 bits per heavy atom. The number of phenolic OH excluding ortho intramolecular Hbond substituents is 2. The maximum atomic E-state index is 11.1. The van der Waals surface area contributed by atoms with Crippen molar-refractivity contribution >= 4 is 23.1 Å². The molecule has 5 nitrogen and oxygen atoms in total. The number of carbonyl (C=O) groups excluding carboxylic acids is 1. The quantitative estimate of drug-likeness (QED) is 0.591. The number of fused-ring (bicyclic) bond motifs is 1. The highest BCUT2D eigenvalue weighted by atomic mass is 16.5. The predicted molar refractivity (Wildman–Crippen MR) is 75.5 cm³/mol. The summed E-state index contributed by atoms with van der Waals surface area (Å²) in [6, 6.07) is 4.55. The van der Waals surface area contributed by atoms with Gasteiger partial charge in [-0.1, -0.05) is 0 Å². The lowest BCUT2D eigenvalue weighted by Crippen LogP contribution is -1.92. The Bertz CT molecular complexity index is 712. The van der Waals surface area contributed by atoms with Crippen molar-refractivity contribution in [3.05, 3.63) is 35.1 Å². The molecule has 0 aliphatic rings. The van der Waals surface area contributed by atoms with Gasteiger partial charge >= 0.3 is 0 Å². The molecule has 3 N–H and O–H groups in total. The van der Waals surface area contributed by atoms with E-state index in [1.165, 1.54) is 26.2 Å². The number of carbonyl (C=O) groups is 1. The zero-order chi connectivity index (χ0) is 14.9. The first-order valence-electron chi connectivity index (χ1n) is 5.87. The number of benzene rings is 2. The van der Waals surface area contributed by atoms with Gasteiger partial charge in [0.25, 0.3) is 0 Å². The van der Waals surface area contributed by atoms with Gasteiger partial charge in [0.1, 0.15) is 17.2 Å². The topological polar surface area (TPSA) is 87.0 Å². The molecular formula is C15H14O5. The molecule has 2 rings (SSSR count). The highest BCUT2D eigenvalue weighted by molar-refractivity contribution is 6.03. The predicted octanol–water partition coefficient (Wildman–Crippen LogP) is 2.99. The molecule has 0 spiro atoms. The second-order valence-electron chi connectivity index (χ2n) is 4.38. The second kappa shape index (κ2) is 5.13. The van der Waals surface area contributed by atoms with Gasteiger partial charge in [0.2, 0.25) is 0 Å². The van der Waals surface area contributed by atoms with E-state index in [1.807, 2.05) is 0 Å². The summed E-state index contributed by atoms with van der Waals surface area (Å²) in [6.45, 7) is 1.46. The van der Waals surface area contributed by atoms with E-state index in [0.29, 0.717) is 23.0 Å². The van der Waals surface area contributed by atoms with E-state index in [1.54, 1.807) is 12.1 Å². The van der Waals surface area contributed by atoms with Gasteiger partial charge in [0, 0.05) is 6.07 Å². The number of phenols is 2. The van der Waals surface area contributed by atoms with E-state index >= 15 is 0 Å². The van der Waals surface area contributed by atoms with Crippen molar-refractivity contribution in [3.8, 4) is 17.2 Å². The summed E-state index contributed by atoms with van der Waals surface area (Å²) in [7, 11) is 1.46. The Labute approximate surface area is 115 Å². The van der Waals surface area contributed by atoms with Gasteiger partial charge in [-0.3, -0.25) is 4.79 Å². The molecule has 5 heteroatoms. The Morgan fingerprint density at radius 3 is 2.50 bits per heavy atom. The summed E-state index contributed by atoms with van der Waals surface area (Å²) >= 11 is 0. The van der Waals surface area contributed by atoms with Gasteiger partial charge in [-0.2, -0.15) is 0 Å². The van der Waals surface area contributed by atoms with Crippen molar-refractivity contribution in [2.75, 3.05) is 7.11 Å². The van der Waals surface area contributed by atoms with Crippen molar-refractivity contribution in [2.24, 2.45) is 0 Å². The number of ether oxygens (including phenoxy) is 1. The standard InChI is InChI=1S/C15H14O5/c1-8(17)3-9-4-10-5-11(20-2)6-13(18)14(10)15(19)12(9)7-16/h3-7,17-19H,1-2H3. The van der Waals surface area contributed by atoms with Gasteiger partial charge in [-0.25, -0.2) is 0 Å². The minimum absolute atomic E-state index is 0.000956. The van der Waals surface area contributed by atoms with Crippen molar-refractivity contribution < 1.29 is 24.9 Å². The monoisotopic (exact) mass is 274 g/mol. The van der Waals surface area contributed by atoms with Crippen LogP contribution in [-0.2, 0) is 0 Å². The molecule has 0 aliphatic carbocycles. The van der Waals surface area contributed by atoms with Crippen molar-refractivity contribution in [1.82, 2.24) is 0 Å². The molecule has 2 aromatic carbocycles. The largest absolute Gasteiger partial charge is 0.513 e. The van der Waals surface area contributed by atoms with Gasteiger partial charge in [-0.15, -0.1) is 0 Å². The molecule has 0 saturated heterocycles. The first-order valence-corrected chi connectivity index (χ1v) is 5.87. The zero-order valence-corrected chi connectivity index (χ0v) is 11.0. The summed E-state index contributed by atoms with van der Waals surface area (Å²) < 4.78 is 5.04. The van der Waals surface area contributed by atoms with E-state index in [4.69, 9.17) is 4.74 Å². The van der Waals surface area contributed by atoms with Crippen LogP contribution < -0.4 is 4.74 Å². The molecular weight excluding hydrogens is 260 g/mol. The van der Waals surface area contributed by atoms with Gasteiger partial charge < -0.3 is 20.1 Å². The third-order valence-corrected chi connectivity index (χ3v) is 2.95. The summed E-state index contributed by atoms with van der Waals surface area (Å²) in [5.74, 6) is -0.0933. The van der Waals surface area contributed by atoms with Crippen LogP contribution in [0.4, 0.5) is 0 Å². The van der Waals surface area contributed by atoms with Crippen LogP contribution in [0.25, 0.3) is 16.8 Å². The molecule has 104 valence electrons. The van der Waals surface area contributed by atoms with Gasteiger partial charge in [0.05, 0.1) is 23.8 Å². The maximum Gasteiger partial charge on any atom is 0.154 e. The van der Waals surface area contributed by atoms with E-state index < -0.39 is 0 Å². The Morgan fingerprint density at radius 2 is 1.95 bits per heavy atom. The molecule has 0 radical (unpaired) electrons. The molecule has 0 amide bonds. The molecule has 0 aliphatic heterocycles. The molecule has 0 saturated carbocycles. The van der Waals surface area contributed by atoms with Crippen LogP contribution in [0.3, 0.4) is 0 Å². The van der Waals surface area contributed by atoms with Crippen LogP contribution >= 0.6 is 0 Å². The Hall–Kier alpha value is -2.69. The van der Waals surface area contributed by atoms with Crippen molar-refractivity contribution in [2.45, 2.75) is 6.92 Å². The van der Waals surface area contributed by atoms with Gasteiger partial charge in [-0.05, 0) is 36.1 Å². The zero-order valence-electron chi connectivity index (χ0n) is 11.0. The fraction of sp³-hybridized carbons (Fsp3) is 0.133. The lowest BCUT2D eigenvalue weighted by Gasteiger charge is -2.11. The highest BCUT2D eigenvalue weighted by Crippen LogP contribution is 2.39. The number of hydrogen-bond acceptors (Lipinski definition) is 5. The van der Waals surface area contributed by atoms with Crippen LogP contribution in [-0.4, -0.2) is 28.7 Å². The van der Waals surface area contributed by atoms with Crippen LogP contribution in [0.2, 0.25) is 0 Å². The number of aliphatic hydroxyl groups excluding tert-OH is 1. The summed E-state index contributed by atoms with van der Waals surface area (Å²) in [5.41, 5.74) is 0.365. The Balaban J connectivity index is 2.90. The smallest absolute Gasteiger partial charge is 0.154 e. The second-order valence-corrected chi connectivity index (χ2v) is 4.38. The fourth-order valence-electron chi connectivity index (χ4n) is 2.10. The summed E-state index contributed by atoms with van der Waals surface area (Å²) in [6.07, 6.45) is 1.84. The molecule has 2 aromatic rings. The summed E-state index contributed by atoms with van der Waals surface area (Å²) in [5, 5.41) is 30.1. The SMILES string of the molecule is COc1cc(O)c2c(O)c(C=O)c(C=C(C)O)cc2c1. The van der Waals surface area contributed by atoms with E-state index in [0.717, 1.165) is 0 Å². The number of hydrogen-bond donors (Lipinski definition) is 3. The molecule has 0 aromatic heterocycles. The number of aromatic hydroxyl groups is 2. The van der Waals surface area contributed by atoms with Crippen molar-refractivity contribution in [1.29, 1.82) is 0 Å². The molecule has 0 bridgehead atoms. The first kappa shape index (κ1) is 13.7. The average Bonchev–Trinajstić information content (AvgIpc) is 2.37. The number of aliphatic hydroxyl groups is 1. The van der Waals surface area contributed by atoms with Crippen LogP contribution in [0.5, 0.6) is 17.2 Å². The maximum absolute atomic E-state index is 11.1. The molecule has 0 atom stereocenters. The van der Waals surface area contributed by atoms with Crippen LogP contribution in [0.1, 0.15) is 22.8 Å². The summed E-state index contributed by atoms with van der Waals surface area (Å²) in [4.78, 5) is 11.1. The number of allylic oxidation sites excluding steroid dienone is 1. The minimum Gasteiger partial charge on any atom is -0.513 e. The fourth-order valence-corrected chi connectivity index (χ4v) is 2.10. The van der Waals surface area contributed by atoms with Gasteiger partial charge in [0.15, 0.2) is 6.29 Å². The molecule has 0 heterocycles. The third-order valence-electron chi connectivity index (χ3n) is 2.95. The third kappa shape index (κ3) is 2.25. The number of aldehydes is 1. The van der Waals surface area contributed by atoms with E-state index in [2.05, 4.69) is 0 Å². The Kier molecular flexibility index (Phi) is 3.52. The van der Waals surface area contributed by atoms with Crippen molar-refractivity contribution in [3.63, 3.8) is 0 Å². The van der Waals surface area contributed by atoms with Crippen LogP contribution in [0.15, 0.2) is 24.0 Å². The van der Waals surface area contributed by atoms with E-state index in [-0.39, 0.29) is 28.2 Å². The average molecular weight is 274 g/mol. The number of methoxy groups -OCH3 is 1. The van der Waals surface area contributed by atoms with E-state index in [9.17, 15) is 20.1 Å².